The van der Waals surface area contributed by atoms with Gasteiger partial charge in [0.1, 0.15) is 13.2 Å². The zero-order valence-corrected chi connectivity index (χ0v) is 11.3. The molecule has 0 spiro atoms. The first kappa shape index (κ1) is 15.0. The standard InChI is InChI=1S/C12H16F2O3S/c1-11(2,3)8-4-5-9(18-8)12(13,14)7-17-6-10(15)16/h4-5H,6-7H2,1-3H3,(H,15,16). The van der Waals surface area contributed by atoms with Crippen LogP contribution in [0.25, 0.3) is 0 Å². The highest BCUT2D eigenvalue weighted by molar-refractivity contribution is 7.12. The molecule has 0 amide bonds. The summed E-state index contributed by atoms with van der Waals surface area (Å²) in [6.45, 7) is 4.21. The minimum Gasteiger partial charge on any atom is -0.480 e. The van der Waals surface area contributed by atoms with Crippen LogP contribution < -0.4 is 0 Å². The number of rotatable bonds is 5. The summed E-state index contributed by atoms with van der Waals surface area (Å²) in [5, 5.41) is 8.32. The third kappa shape index (κ3) is 4.03. The largest absolute Gasteiger partial charge is 0.480 e. The second-order valence-corrected chi connectivity index (χ2v) is 6.09. The van der Waals surface area contributed by atoms with Gasteiger partial charge in [0.15, 0.2) is 0 Å². The van der Waals surface area contributed by atoms with Crippen molar-refractivity contribution in [3.63, 3.8) is 0 Å². The summed E-state index contributed by atoms with van der Waals surface area (Å²) in [4.78, 5) is 10.9. The lowest BCUT2D eigenvalue weighted by atomic mass is 9.95. The van der Waals surface area contributed by atoms with Crippen LogP contribution in [0.1, 0.15) is 30.5 Å². The first-order chi connectivity index (χ1) is 8.13. The van der Waals surface area contributed by atoms with Gasteiger partial charge in [0.2, 0.25) is 0 Å². The van der Waals surface area contributed by atoms with E-state index in [0.29, 0.717) is 0 Å². The minimum atomic E-state index is -3.15. The van der Waals surface area contributed by atoms with Crippen molar-refractivity contribution >= 4 is 17.3 Å². The van der Waals surface area contributed by atoms with E-state index in [4.69, 9.17) is 5.11 Å². The Balaban J connectivity index is 2.73. The molecule has 18 heavy (non-hydrogen) atoms. The number of carboxylic acids is 1. The molecule has 0 saturated heterocycles. The van der Waals surface area contributed by atoms with Gasteiger partial charge in [-0.1, -0.05) is 20.8 Å². The molecule has 102 valence electrons. The van der Waals surface area contributed by atoms with Crippen LogP contribution in [0.15, 0.2) is 12.1 Å². The van der Waals surface area contributed by atoms with E-state index in [1.165, 1.54) is 6.07 Å². The number of hydrogen-bond acceptors (Lipinski definition) is 3. The van der Waals surface area contributed by atoms with E-state index in [0.717, 1.165) is 16.2 Å². The van der Waals surface area contributed by atoms with Crippen molar-refractivity contribution in [1.82, 2.24) is 0 Å². The van der Waals surface area contributed by atoms with Crippen molar-refractivity contribution in [3.8, 4) is 0 Å². The van der Waals surface area contributed by atoms with Gasteiger partial charge in [-0.05, 0) is 17.5 Å². The Bertz CT molecular complexity index is 421. The van der Waals surface area contributed by atoms with Gasteiger partial charge in [-0.3, -0.25) is 0 Å². The lowest BCUT2D eigenvalue weighted by Gasteiger charge is -2.17. The maximum atomic E-state index is 13.7. The van der Waals surface area contributed by atoms with E-state index in [-0.39, 0.29) is 10.3 Å². The number of halogens is 2. The number of thiophene rings is 1. The predicted molar refractivity (Wildman–Crippen MR) is 65.4 cm³/mol. The molecule has 1 heterocycles. The van der Waals surface area contributed by atoms with Crippen LogP contribution in [0.4, 0.5) is 8.78 Å². The van der Waals surface area contributed by atoms with Crippen LogP contribution >= 0.6 is 11.3 Å². The van der Waals surface area contributed by atoms with Crippen LogP contribution in [0.3, 0.4) is 0 Å². The summed E-state index contributed by atoms with van der Waals surface area (Å²) >= 11 is 1.03. The quantitative estimate of drug-likeness (QED) is 0.899. The second kappa shape index (κ2) is 5.32. The van der Waals surface area contributed by atoms with Crippen molar-refractivity contribution in [2.45, 2.75) is 32.1 Å². The lowest BCUT2D eigenvalue weighted by Crippen LogP contribution is -2.22. The van der Waals surface area contributed by atoms with Gasteiger partial charge in [0, 0.05) is 4.88 Å². The molecule has 0 unspecified atom stereocenters. The van der Waals surface area contributed by atoms with Crippen LogP contribution in [0.5, 0.6) is 0 Å². The van der Waals surface area contributed by atoms with E-state index >= 15 is 0 Å². The maximum absolute atomic E-state index is 13.7. The van der Waals surface area contributed by atoms with Crippen LogP contribution in [0, 0.1) is 0 Å². The van der Waals surface area contributed by atoms with Gasteiger partial charge in [0.05, 0.1) is 4.88 Å². The van der Waals surface area contributed by atoms with Gasteiger partial charge >= 0.3 is 11.9 Å². The smallest absolute Gasteiger partial charge is 0.329 e. The highest BCUT2D eigenvalue weighted by Gasteiger charge is 2.35. The van der Waals surface area contributed by atoms with Crippen molar-refractivity contribution in [1.29, 1.82) is 0 Å². The van der Waals surface area contributed by atoms with E-state index in [2.05, 4.69) is 4.74 Å². The summed E-state index contributed by atoms with van der Waals surface area (Å²) in [6.07, 6.45) is 0. The fraction of sp³-hybridized carbons (Fsp3) is 0.583. The molecule has 0 aliphatic carbocycles. The normalized spacial score (nSPS) is 12.7. The Morgan fingerprint density at radius 2 is 1.89 bits per heavy atom. The summed E-state index contributed by atoms with van der Waals surface area (Å²) < 4.78 is 31.9. The zero-order chi connectivity index (χ0) is 14.0. The molecule has 0 radical (unpaired) electrons. The Morgan fingerprint density at radius 1 is 1.33 bits per heavy atom. The molecule has 1 N–H and O–H groups in total. The second-order valence-electron chi connectivity index (χ2n) is 5.00. The topological polar surface area (TPSA) is 46.5 Å². The molecule has 1 aromatic heterocycles. The Morgan fingerprint density at radius 3 is 2.33 bits per heavy atom. The monoisotopic (exact) mass is 278 g/mol. The molecule has 6 heteroatoms. The number of aliphatic carboxylic acids is 1. The maximum Gasteiger partial charge on any atom is 0.329 e. The molecule has 3 nitrogen and oxygen atoms in total. The number of hydrogen-bond donors (Lipinski definition) is 1. The molecule has 0 aliphatic heterocycles. The highest BCUT2D eigenvalue weighted by Crippen LogP contribution is 2.37. The highest BCUT2D eigenvalue weighted by atomic mass is 32.1. The molecule has 0 fully saturated rings. The number of alkyl halides is 2. The Kier molecular flexibility index (Phi) is 4.45. The van der Waals surface area contributed by atoms with Gasteiger partial charge < -0.3 is 9.84 Å². The minimum absolute atomic E-state index is 0.0992. The molecular formula is C12H16F2O3S. The SMILES string of the molecule is CC(C)(C)c1ccc(C(F)(F)COCC(=O)O)s1. The summed E-state index contributed by atoms with van der Waals surface area (Å²) in [5.41, 5.74) is -0.180. The van der Waals surface area contributed by atoms with E-state index in [1.807, 2.05) is 20.8 Å². The van der Waals surface area contributed by atoms with E-state index in [1.54, 1.807) is 6.07 Å². The van der Waals surface area contributed by atoms with Crippen LogP contribution in [-0.4, -0.2) is 24.3 Å². The Hall–Kier alpha value is -1.01. The molecule has 0 atom stereocenters. The van der Waals surface area contributed by atoms with E-state index in [9.17, 15) is 13.6 Å². The van der Waals surface area contributed by atoms with Crippen molar-refractivity contribution < 1.29 is 23.4 Å². The molecular weight excluding hydrogens is 262 g/mol. The lowest BCUT2D eigenvalue weighted by molar-refractivity contribution is -0.147. The van der Waals surface area contributed by atoms with E-state index < -0.39 is 25.1 Å². The number of carboxylic acid groups (broad SMARTS) is 1. The average Bonchev–Trinajstić information content (AvgIpc) is 2.64. The average molecular weight is 278 g/mol. The van der Waals surface area contributed by atoms with Gasteiger partial charge in [0.25, 0.3) is 0 Å². The first-order valence-electron chi connectivity index (χ1n) is 5.41. The predicted octanol–water partition coefficient (Wildman–Crippen LogP) is 3.24. The molecule has 0 saturated carbocycles. The van der Waals surface area contributed by atoms with Gasteiger partial charge in [-0.15, -0.1) is 11.3 Å². The molecule has 1 rings (SSSR count). The summed E-state index contributed by atoms with van der Waals surface area (Å²) in [6, 6.07) is 3.04. The first-order valence-corrected chi connectivity index (χ1v) is 6.23. The molecule has 0 bridgehead atoms. The molecule has 1 aromatic rings. The number of carbonyl (C=O) groups is 1. The van der Waals surface area contributed by atoms with Gasteiger partial charge in [-0.25, -0.2) is 4.79 Å². The van der Waals surface area contributed by atoms with Crippen molar-refractivity contribution in [3.05, 3.63) is 21.9 Å². The van der Waals surface area contributed by atoms with Gasteiger partial charge in [-0.2, -0.15) is 8.78 Å². The molecule has 0 aliphatic rings. The molecule has 0 aromatic carbocycles. The Labute approximate surface area is 108 Å². The summed E-state index contributed by atoms with van der Waals surface area (Å²) in [5.74, 6) is -4.41. The fourth-order valence-electron chi connectivity index (χ4n) is 1.28. The third-order valence-electron chi connectivity index (χ3n) is 2.21. The van der Waals surface area contributed by atoms with Crippen LogP contribution in [0.2, 0.25) is 0 Å². The summed E-state index contributed by atoms with van der Waals surface area (Å²) in [7, 11) is 0. The zero-order valence-electron chi connectivity index (χ0n) is 10.5. The fourth-order valence-corrected chi connectivity index (χ4v) is 2.30. The van der Waals surface area contributed by atoms with Crippen molar-refractivity contribution in [2.24, 2.45) is 0 Å². The van der Waals surface area contributed by atoms with Crippen LogP contribution in [-0.2, 0) is 20.9 Å². The van der Waals surface area contributed by atoms with Crippen molar-refractivity contribution in [2.75, 3.05) is 13.2 Å². The third-order valence-corrected chi connectivity index (χ3v) is 3.84. The number of ether oxygens (including phenoxy) is 1.